The highest BCUT2D eigenvalue weighted by molar-refractivity contribution is 5.93. The van der Waals surface area contributed by atoms with Gasteiger partial charge in [-0.15, -0.1) is 0 Å². The number of carbonyl (C=O) groups is 4. The quantitative estimate of drug-likeness (QED) is 0.515. The Morgan fingerprint density at radius 1 is 0.973 bits per heavy atom. The van der Waals surface area contributed by atoms with Gasteiger partial charge >= 0.3 is 12.1 Å². The number of rotatable bonds is 7. The van der Waals surface area contributed by atoms with Crippen LogP contribution in [0, 0.1) is 5.92 Å². The second-order valence-electron chi connectivity index (χ2n) is 11.3. The van der Waals surface area contributed by atoms with E-state index in [0.717, 1.165) is 5.56 Å². The molecule has 0 spiro atoms. The maximum absolute atomic E-state index is 13.8. The molecule has 9 nitrogen and oxygen atoms in total. The molecule has 0 radical (unpaired) electrons. The van der Waals surface area contributed by atoms with Gasteiger partial charge in [-0.25, -0.2) is 9.59 Å². The zero-order valence-electron chi connectivity index (χ0n) is 22.9. The molecule has 1 aromatic rings. The fourth-order valence-corrected chi connectivity index (χ4v) is 5.10. The molecule has 3 amide bonds. The van der Waals surface area contributed by atoms with Crippen LogP contribution < -0.4 is 0 Å². The Morgan fingerprint density at radius 2 is 1.57 bits per heavy atom. The predicted molar refractivity (Wildman–Crippen MR) is 138 cm³/mol. The lowest BCUT2D eigenvalue weighted by atomic mass is 9.99. The second kappa shape index (κ2) is 12.0. The van der Waals surface area contributed by atoms with Crippen molar-refractivity contribution in [2.24, 2.45) is 5.92 Å². The van der Waals surface area contributed by atoms with E-state index in [2.05, 4.69) is 0 Å². The number of ether oxygens (including phenoxy) is 2. The van der Waals surface area contributed by atoms with Gasteiger partial charge in [0.25, 0.3) is 0 Å². The Kier molecular flexibility index (Phi) is 9.21. The van der Waals surface area contributed by atoms with Crippen LogP contribution in [0.5, 0.6) is 0 Å². The molecule has 0 unspecified atom stereocenters. The molecule has 2 aliphatic heterocycles. The summed E-state index contributed by atoms with van der Waals surface area (Å²) in [5.74, 6) is -1.19. The van der Waals surface area contributed by atoms with Gasteiger partial charge in [0.15, 0.2) is 0 Å². The van der Waals surface area contributed by atoms with E-state index in [-0.39, 0.29) is 24.3 Å². The fraction of sp³-hybridized carbons (Fsp3) is 0.643. The van der Waals surface area contributed by atoms with Crippen molar-refractivity contribution < 1.29 is 28.7 Å². The third-order valence-electron chi connectivity index (χ3n) is 6.85. The lowest BCUT2D eigenvalue weighted by Crippen LogP contribution is -2.57. The number of likely N-dealkylation sites (tertiary alicyclic amines) is 2. The van der Waals surface area contributed by atoms with Crippen molar-refractivity contribution in [3.8, 4) is 0 Å². The summed E-state index contributed by atoms with van der Waals surface area (Å²) in [7, 11) is 1.61. The number of amides is 3. The molecule has 0 saturated carbocycles. The van der Waals surface area contributed by atoms with Crippen molar-refractivity contribution >= 4 is 23.9 Å². The Balaban J connectivity index is 1.70. The average molecular weight is 516 g/mol. The lowest BCUT2D eigenvalue weighted by molar-refractivity contribution is -0.158. The zero-order valence-corrected chi connectivity index (χ0v) is 22.9. The standard InChI is InChI=1S/C28H41N3O6/c1-19(2)23(29(6)24(32)21-14-10-17-31(21)27(35)37-28(3,4)5)25(33)30-16-11-15-22(30)26(34)36-18-20-12-8-7-9-13-20/h7-9,12-13,19,21-23H,10-11,14-18H2,1-6H3/t21-,22-,23-/m0/s1. The number of likely N-dealkylation sites (N-methyl/N-ethyl adjacent to an activating group) is 1. The summed E-state index contributed by atoms with van der Waals surface area (Å²) in [4.78, 5) is 57.5. The van der Waals surface area contributed by atoms with Crippen LogP contribution in [0.25, 0.3) is 0 Å². The van der Waals surface area contributed by atoms with E-state index in [1.165, 1.54) is 9.80 Å². The average Bonchev–Trinajstić information content (AvgIpc) is 3.51. The van der Waals surface area contributed by atoms with Crippen LogP contribution in [0.1, 0.15) is 65.9 Å². The maximum Gasteiger partial charge on any atom is 0.410 e. The van der Waals surface area contributed by atoms with Crippen molar-refractivity contribution in [1.29, 1.82) is 0 Å². The van der Waals surface area contributed by atoms with Gasteiger partial charge in [-0.2, -0.15) is 0 Å². The predicted octanol–water partition coefficient (Wildman–Crippen LogP) is 3.60. The molecule has 3 atom stereocenters. The smallest absolute Gasteiger partial charge is 0.410 e. The molecule has 0 aliphatic carbocycles. The van der Waals surface area contributed by atoms with Gasteiger partial charge < -0.3 is 19.3 Å². The first kappa shape index (κ1) is 28.5. The monoisotopic (exact) mass is 515 g/mol. The molecule has 2 saturated heterocycles. The van der Waals surface area contributed by atoms with Gasteiger partial charge in [0.2, 0.25) is 11.8 Å². The molecule has 0 bridgehead atoms. The van der Waals surface area contributed by atoms with Crippen molar-refractivity contribution in [2.75, 3.05) is 20.1 Å². The lowest BCUT2D eigenvalue weighted by Gasteiger charge is -2.37. The first-order chi connectivity index (χ1) is 17.4. The molecule has 0 N–H and O–H groups in total. The Labute approximate surface area is 220 Å². The highest BCUT2D eigenvalue weighted by Gasteiger charge is 2.44. The summed E-state index contributed by atoms with van der Waals surface area (Å²) in [5, 5.41) is 0. The van der Waals surface area contributed by atoms with Gasteiger partial charge in [-0.1, -0.05) is 44.2 Å². The van der Waals surface area contributed by atoms with Crippen LogP contribution in [0.2, 0.25) is 0 Å². The minimum Gasteiger partial charge on any atom is -0.459 e. The molecule has 2 aliphatic rings. The Morgan fingerprint density at radius 3 is 2.16 bits per heavy atom. The Bertz CT molecular complexity index is 974. The number of hydrogen-bond acceptors (Lipinski definition) is 6. The van der Waals surface area contributed by atoms with E-state index in [1.54, 1.807) is 32.7 Å². The fourth-order valence-electron chi connectivity index (χ4n) is 5.10. The largest absolute Gasteiger partial charge is 0.459 e. The van der Waals surface area contributed by atoms with E-state index in [1.807, 2.05) is 44.2 Å². The number of esters is 1. The van der Waals surface area contributed by atoms with E-state index in [9.17, 15) is 19.2 Å². The second-order valence-corrected chi connectivity index (χ2v) is 11.3. The zero-order chi connectivity index (χ0) is 27.3. The van der Waals surface area contributed by atoms with E-state index in [0.29, 0.717) is 38.8 Å². The van der Waals surface area contributed by atoms with E-state index >= 15 is 0 Å². The first-order valence-electron chi connectivity index (χ1n) is 13.2. The van der Waals surface area contributed by atoms with Crippen LogP contribution in [0.15, 0.2) is 30.3 Å². The van der Waals surface area contributed by atoms with Gasteiger partial charge in [0.05, 0.1) is 0 Å². The molecule has 2 heterocycles. The molecule has 204 valence electrons. The summed E-state index contributed by atoms with van der Waals surface area (Å²) in [6, 6.07) is 7.28. The van der Waals surface area contributed by atoms with Gasteiger partial charge in [-0.05, 0) is 57.9 Å². The van der Waals surface area contributed by atoms with Gasteiger partial charge in [0, 0.05) is 20.1 Å². The molecule has 9 heteroatoms. The normalized spacial score (nSPS) is 20.6. The van der Waals surface area contributed by atoms with Crippen molar-refractivity contribution in [3.05, 3.63) is 35.9 Å². The van der Waals surface area contributed by atoms with Crippen LogP contribution >= 0.6 is 0 Å². The number of benzene rings is 1. The van der Waals surface area contributed by atoms with Crippen LogP contribution in [-0.4, -0.2) is 82.4 Å². The molecule has 1 aromatic carbocycles. The van der Waals surface area contributed by atoms with E-state index in [4.69, 9.17) is 9.47 Å². The highest BCUT2D eigenvalue weighted by atomic mass is 16.6. The topological polar surface area (TPSA) is 96.5 Å². The van der Waals surface area contributed by atoms with Crippen LogP contribution in [0.4, 0.5) is 4.79 Å². The molecule has 0 aromatic heterocycles. The van der Waals surface area contributed by atoms with Crippen molar-refractivity contribution in [3.63, 3.8) is 0 Å². The maximum atomic E-state index is 13.8. The third kappa shape index (κ3) is 7.02. The first-order valence-corrected chi connectivity index (χ1v) is 13.2. The molecular weight excluding hydrogens is 474 g/mol. The number of nitrogens with zero attached hydrogens (tertiary/aromatic N) is 3. The van der Waals surface area contributed by atoms with Crippen molar-refractivity contribution in [2.45, 2.75) is 90.6 Å². The van der Waals surface area contributed by atoms with E-state index < -0.39 is 35.8 Å². The number of hydrogen-bond donors (Lipinski definition) is 0. The molecule has 2 fully saturated rings. The summed E-state index contributed by atoms with van der Waals surface area (Å²) in [6.07, 6.45) is 1.89. The van der Waals surface area contributed by atoms with Crippen LogP contribution in [0.3, 0.4) is 0 Å². The summed E-state index contributed by atoms with van der Waals surface area (Å²) in [6.45, 7) is 10.1. The third-order valence-corrected chi connectivity index (χ3v) is 6.85. The highest BCUT2D eigenvalue weighted by Crippen LogP contribution is 2.27. The molecule has 37 heavy (non-hydrogen) atoms. The van der Waals surface area contributed by atoms with Crippen molar-refractivity contribution in [1.82, 2.24) is 14.7 Å². The SMILES string of the molecule is CC(C)[C@@H](C(=O)N1CCC[C@H]1C(=O)OCc1ccccc1)N(C)C(=O)[C@@H]1CCCN1C(=O)OC(C)(C)C. The summed E-state index contributed by atoms with van der Waals surface area (Å²) >= 11 is 0. The minimum absolute atomic E-state index is 0.145. The number of carbonyl (C=O) groups excluding carboxylic acids is 4. The molecular formula is C28H41N3O6. The van der Waals surface area contributed by atoms with Gasteiger partial charge in [-0.3, -0.25) is 14.5 Å². The van der Waals surface area contributed by atoms with Crippen LogP contribution in [-0.2, 0) is 30.5 Å². The Hall–Kier alpha value is -3.10. The molecule has 3 rings (SSSR count). The minimum atomic E-state index is -0.767. The summed E-state index contributed by atoms with van der Waals surface area (Å²) < 4.78 is 11.0. The van der Waals surface area contributed by atoms with Gasteiger partial charge in [0.1, 0.15) is 30.3 Å². The summed E-state index contributed by atoms with van der Waals surface area (Å²) in [5.41, 5.74) is 0.207.